The molecule has 3 nitrogen and oxygen atoms in total. The lowest BCUT2D eigenvalue weighted by Gasteiger charge is -2.12. The molecule has 1 fully saturated rings. The molecule has 1 aliphatic carbocycles. The lowest BCUT2D eigenvalue weighted by atomic mass is 10.1. The minimum Gasteiger partial charge on any atom is -0.392 e. The van der Waals surface area contributed by atoms with E-state index < -0.39 is 0 Å². The highest BCUT2D eigenvalue weighted by Crippen LogP contribution is 2.41. The number of hydrogen-bond acceptors (Lipinski definition) is 2. The quantitative estimate of drug-likeness (QED) is 0.895. The molecule has 102 valence electrons. The Morgan fingerprint density at radius 1 is 1.42 bits per heavy atom. The number of hydrogen-bond donors (Lipinski definition) is 1. The van der Waals surface area contributed by atoms with Crippen LogP contribution in [0.1, 0.15) is 32.5 Å². The second kappa shape index (κ2) is 4.97. The van der Waals surface area contributed by atoms with Gasteiger partial charge < -0.3 is 9.67 Å². The zero-order valence-corrected chi connectivity index (χ0v) is 11.7. The van der Waals surface area contributed by atoms with Gasteiger partial charge in [-0.2, -0.15) is 0 Å². The van der Waals surface area contributed by atoms with Crippen LogP contribution < -0.4 is 0 Å². The number of fused-ring (bicyclic) bond motifs is 1. The predicted molar refractivity (Wildman–Crippen MR) is 77.0 cm³/mol. The summed E-state index contributed by atoms with van der Waals surface area (Å²) in [7, 11) is 0. The highest BCUT2D eigenvalue weighted by Gasteiger charge is 2.39. The molecule has 1 aliphatic rings. The molecule has 0 radical (unpaired) electrons. The minimum absolute atomic E-state index is 0.234. The smallest absolute Gasteiger partial charge is 0.112 e. The highest BCUT2D eigenvalue weighted by molar-refractivity contribution is 5.75. The van der Waals surface area contributed by atoms with Gasteiger partial charge in [0.1, 0.15) is 5.82 Å². The van der Waals surface area contributed by atoms with Crippen molar-refractivity contribution in [3.63, 3.8) is 0 Å². The zero-order chi connectivity index (χ0) is 13.4. The number of aliphatic hydroxyl groups excluding tert-OH is 1. The fraction of sp³-hybridized carbons (Fsp3) is 0.562. The van der Waals surface area contributed by atoms with Crippen LogP contribution in [0.4, 0.5) is 0 Å². The molecule has 1 N–H and O–H groups in total. The SMILES string of the molecule is CCCn1c(CC(O)C2CC2C)nc2ccccc21. The molecule has 0 amide bonds. The molecule has 1 aromatic heterocycles. The van der Waals surface area contributed by atoms with Gasteiger partial charge in [-0.1, -0.05) is 26.0 Å². The molecule has 1 heterocycles. The molecule has 19 heavy (non-hydrogen) atoms. The van der Waals surface area contributed by atoms with E-state index in [9.17, 15) is 5.11 Å². The molecule has 0 aliphatic heterocycles. The number of rotatable bonds is 5. The second-order valence-corrected chi connectivity index (χ2v) is 5.82. The van der Waals surface area contributed by atoms with Crippen molar-refractivity contribution >= 4 is 11.0 Å². The lowest BCUT2D eigenvalue weighted by Crippen LogP contribution is -2.17. The molecular weight excluding hydrogens is 236 g/mol. The molecule has 2 aromatic rings. The lowest BCUT2D eigenvalue weighted by molar-refractivity contribution is 0.143. The molecule has 3 unspecified atom stereocenters. The molecule has 3 heteroatoms. The van der Waals surface area contributed by atoms with Gasteiger partial charge in [-0.3, -0.25) is 0 Å². The van der Waals surface area contributed by atoms with Gasteiger partial charge in [-0.05, 0) is 36.8 Å². The van der Waals surface area contributed by atoms with Crippen LogP contribution in [0.15, 0.2) is 24.3 Å². The second-order valence-electron chi connectivity index (χ2n) is 5.82. The van der Waals surface area contributed by atoms with Crippen LogP contribution in [0.5, 0.6) is 0 Å². The van der Waals surface area contributed by atoms with E-state index in [4.69, 9.17) is 4.98 Å². The first kappa shape index (κ1) is 12.7. The van der Waals surface area contributed by atoms with Crippen molar-refractivity contribution in [1.82, 2.24) is 9.55 Å². The fourth-order valence-electron chi connectivity index (χ4n) is 2.98. The monoisotopic (exact) mass is 258 g/mol. The van der Waals surface area contributed by atoms with Crippen LogP contribution in [-0.4, -0.2) is 20.8 Å². The summed E-state index contributed by atoms with van der Waals surface area (Å²) in [6.45, 7) is 5.36. The van der Waals surface area contributed by atoms with Gasteiger partial charge in [-0.15, -0.1) is 0 Å². The largest absolute Gasteiger partial charge is 0.392 e. The van der Waals surface area contributed by atoms with Crippen LogP contribution in [0, 0.1) is 11.8 Å². The van der Waals surface area contributed by atoms with Gasteiger partial charge in [0.15, 0.2) is 0 Å². The van der Waals surface area contributed by atoms with E-state index in [0.29, 0.717) is 18.3 Å². The van der Waals surface area contributed by atoms with Gasteiger partial charge in [0.2, 0.25) is 0 Å². The van der Waals surface area contributed by atoms with E-state index in [2.05, 4.69) is 36.6 Å². The number of aromatic nitrogens is 2. The van der Waals surface area contributed by atoms with Crippen molar-refractivity contribution in [2.24, 2.45) is 11.8 Å². The Bertz CT molecular complexity index is 575. The standard InChI is InChI=1S/C16H22N2O/c1-3-8-18-14-7-5-4-6-13(14)17-16(18)10-15(19)12-9-11(12)2/h4-7,11-12,15,19H,3,8-10H2,1-2H3. The molecule has 1 saturated carbocycles. The Morgan fingerprint density at radius 2 is 2.16 bits per heavy atom. The molecule has 3 atom stereocenters. The van der Waals surface area contributed by atoms with E-state index in [0.717, 1.165) is 30.7 Å². The Hall–Kier alpha value is -1.35. The normalized spacial score (nSPS) is 23.7. The third-order valence-corrected chi connectivity index (χ3v) is 4.24. The molecule has 3 rings (SSSR count). The maximum absolute atomic E-state index is 10.3. The molecular formula is C16H22N2O. The molecule has 0 bridgehead atoms. The van der Waals surface area contributed by atoms with Gasteiger partial charge in [0, 0.05) is 13.0 Å². The molecule has 1 aromatic carbocycles. The van der Waals surface area contributed by atoms with Gasteiger partial charge >= 0.3 is 0 Å². The predicted octanol–water partition coefficient (Wildman–Crippen LogP) is 3.01. The average Bonchev–Trinajstić information content (AvgIpc) is 3.04. The first-order valence-corrected chi connectivity index (χ1v) is 7.33. The maximum Gasteiger partial charge on any atom is 0.112 e. The van der Waals surface area contributed by atoms with Crippen molar-refractivity contribution in [3.8, 4) is 0 Å². The summed E-state index contributed by atoms with van der Waals surface area (Å²) in [5.74, 6) is 2.20. The highest BCUT2D eigenvalue weighted by atomic mass is 16.3. The van der Waals surface area contributed by atoms with Gasteiger partial charge in [0.25, 0.3) is 0 Å². The Balaban J connectivity index is 1.90. The van der Waals surface area contributed by atoms with Gasteiger partial charge in [0.05, 0.1) is 17.1 Å². The number of benzene rings is 1. The van der Waals surface area contributed by atoms with Crippen molar-refractivity contribution < 1.29 is 5.11 Å². The van der Waals surface area contributed by atoms with E-state index in [1.165, 1.54) is 5.52 Å². The number of imidazole rings is 1. The number of nitrogens with zero attached hydrogens (tertiary/aromatic N) is 2. The number of aryl methyl sites for hydroxylation is 1. The zero-order valence-electron chi connectivity index (χ0n) is 11.7. The summed E-state index contributed by atoms with van der Waals surface area (Å²) in [6.07, 6.45) is 2.70. The summed E-state index contributed by atoms with van der Waals surface area (Å²) in [4.78, 5) is 4.71. The van der Waals surface area contributed by atoms with Crippen LogP contribution in [0.3, 0.4) is 0 Å². The van der Waals surface area contributed by atoms with E-state index in [1.54, 1.807) is 0 Å². The van der Waals surface area contributed by atoms with Crippen molar-refractivity contribution in [3.05, 3.63) is 30.1 Å². The topological polar surface area (TPSA) is 38.0 Å². The third-order valence-electron chi connectivity index (χ3n) is 4.24. The van der Waals surface area contributed by atoms with Crippen LogP contribution in [0.25, 0.3) is 11.0 Å². The maximum atomic E-state index is 10.3. The van der Waals surface area contributed by atoms with Gasteiger partial charge in [-0.25, -0.2) is 4.98 Å². The fourth-order valence-corrected chi connectivity index (χ4v) is 2.98. The van der Waals surface area contributed by atoms with Crippen molar-refractivity contribution in [2.75, 3.05) is 0 Å². The van der Waals surface area contributed by atoms with Crippen molar-refractivity contribution in [1.29, 1.82) is 0 Å². The molecule has 0 spiro atoms. The minimum atomic E-state index is -0.234. The van der Waals surface area contributed by atoms with Crippen LogP contribution >= 0.6 is 0 Å². The summed E-state index contributed by atoms with van der Waals surface area (Å²) in [5.41, 5.74) is 2.23. The first-order valence-electron chi connectivity index (χ1n) is 7.33. The van der Waals surface area contributed by atoms with E-state index in [-0.39, 0.29) is 6.10 Å². The first-order chi connectivity index (χ1) is 9.20. The average molecular weight is 258 g/mol. The number of para-hydroxylation sites is 2. The van der Waals surface area contributed by atoms with E-state index >= 15 is 0 Å². The number of aliphatic hydroxyl groups is 1. The van der Waals surface area contributed by atoms with Crippen LogP contribution in [-0.2, 0) is 13.0 Å². The Morgan fingerprint density at radius 3 is 2.84 bits per heavy atom. The Kier molecular flexibility index (Phi) is 3.31. The Labute approximate surface area is 114 Å². The summed E-state index contributed by atoms with van der Waals surface area (Å²) in [6, 6.07) is 8.25. The van der Waals surface area contributed by atoms with Crippen molar-refractivity contribution in [2.45, 2.75) is 45.8 Å². The summed E-state index contributed by atoms with van der Waals surface area (Å²) in [5, 5.41) is 10.3. The van der Waals surface area contributed by atoms with Crippen LogP contribution in [0.2, 0.25) is 0 Å². The molecule has 0 saturated heterocycles. The summed E-state index contributed by atoms with van der Waals surface area (Å²) >= 11 is 0. The summed E-state index contributed by atoms with van der Waals surface area (Å²) < 4.78 is 2.27. The van der Waals surface area contributed by atoms with E-state index in [1.807, 2.05) is 6.07 Å². The third kappa shape index (κ3) is 2.39.